The van der Waals surface area contributed by atoms with Crippen LogP contribution in [0.4, 0.5) is 0 Å². The summed E-state index contributed by atoms with van der Waals surface area (Å²) >= 11 is 0. The largest absolute Gasteiger partial charge is 0.335 e. The van der Waals surface area contributed by atoms with E-state index in [1.165, 1.54) is 25.1 Å². The number of aromatic nitrogens is 2. The highest BCUT2D eigenvalue weighted by atomic mass is 15.1. The van der Waals surface area contributed by atoms with Crippen LogP contribution in [0.1, 0.15) is 51.8 Å². The molecule has 0 fully saturated rings. The molecular weight excluding hydrogens is 210 g/mol. The third kappa shape index (κ3) is 3.09. The first-order valence-electron chi connectivity index (χ1n) is 6.84. The fraction of sp³-hybridized carbons (Fsp3) is 0.786. The van der Waals surface area contributed by atoms with Crippen molar-refractivity contribution in [2.24, 2.45) is 5.41 Å². The van der Waals surface area contributed by atoms with Crippen molar-refractivity contribution in [3.63, 3.8) is 0 Å². The third-order valence-electron chi connectivity index (χ3n) is 4.02. The Bertz CT molecular complexity index is 354. The predicted molar refractivity (Wildman–Crippen MR) is 71.1 cm³/mol. The molecule has 1 aliphatic heterocycles. The highest BCUT2D eigenvalue weighted by Crippen LogP contribution is 2.25. The van der Waals surface area contributed by atoms with Gasteiger partial charge in [0, 0.05) is 37.9 Å². The molecule has 1 aromatic heterocycles. The van der Waals surface area contributed by atoms with Crippen molar-refractivity contribution < 1.29 is 0 Å². The predicted octanol–water partition coefficient (Wildman–Crippen LogP) is 2.79. The maximum atomic E-state index is 4.50. The smallest absolute Gasteiger partial charge is 0.113 e. The average Bonchev–Trinajstić information content (AvgIpc) is 2.78. The fourth-order valence-corrected chi connectivity index (χ4v) is 2.41. The van der Waals surface area contributed by atoms with Gasteiger partial charge in [0.15, 0.2) is 0 Å². The van der Waals surface area contributed by atoms with Crippen molar-refractivity contribution in [1.82, 2.24) is 14.9 Å². The van der Waals surface area contributed by atoms with Gasteiger partial charge in [0.2, 0.25) is 0 Å². The second-order valence-corrected chi connectivity index (χ2v) is 5.97. The zero-order valence-electron chi connectivity index (χ0n) is 11.4. The molecule has 0 saturated carbocycles. The molecule has 3 heteroatoms. The summed E-state index contributed by atoms with van der Waals surface area (Å²) in [6, 6.07) is 0. The van der Waals surface area contributed by atoms with Gasteiger partial charge in [-0.15, -0.1) is 0 Å². The maximum absolute atomic E-state index is 4.50. The Labute approximate surface area is 105 Å². The molecule has 17 heavy (non-hydrogen) atoms. The van der Waals surface area contributed by atoms with E-state index in [1.54, 1.807) is 0 Å². The van der Waals surface area contributed by atoms with Crippen molar-refractivity contribution in [2.45, 2.75) is 52.5 Å². The van der Waals surface area contributed by atoms with Gasteiger partial charge >= 0.3 is 0 Å². The summed E-state index contributed by atoms with van der Waals surface area (Å²) in [6.07, 6.45) is 7.82. The second-order valence-electron chi connectivity index (χ2n) is 5.97. The van der Waals surface area contributed by atoms with Crippen molar-refractivity contribution in [3.8, 4) is 0 Å². The first-order chi connectivity index (χ1) is 8.12. The van der Waals surface area contributed by atoms with E-state index in [0.29, 0.717) is 11.3 Å². The van der Waals surface area contributed by atoms with Crippen molar-refractivity contribution in [2.75, 3.05) is 13.1 Å². The Kier molecular flexibility index (Phi) is 3.87. The van der Waals surface area contributed by atoms with Gasteiger partial charge in [-0.2, -0.15) is 0 Å². The molecule has 0 spiro atoms. The number of imidazole rings is 1. The molecule has 96 valence electrons. The summed E-state index contributed by atoms with van der Waals surface area (Å²) in [5, 5.41) is 3.62. The quantitative estimate of drug-likeness (QED) is 0.850. The Morgan fingerprint density at radius 2 is 2.35 bits per heavy atom. The van der Waals surface area contributed by atoms with Gasteiger partial charge in [0.25, 0.3) is 0 Å². The van der Waals surface area contributed by atoms with Crippen LogP contribution in [0.15, 0.2) is 12.4 Å². The number of nitrogens with one attached hydrogen (secondary N) is 1. The lowest BCUT2D eigenvalue weighted by Crippen LogP contribution is -2.33. The molecule has 1 atom stereocenters. The Morgan fingerprint density at radius 3 is 3.12 bits per heavy atom. The third-order valence-corrected chi connectivity index (χ3v) is 4.02. The Hall–Kier alpha value is -0.830. The lowest BCUT2D eigenvalue weighted by atomic mass is 9.90. The van der Waals surface area contributed by atoms with E-state index in [9.17, 15) is 0 Å². The molecule has 0 aromatic carbocycles. The molecule has 0 unspecified atom stereocenters. The van der Waals surface area contributed by atoms with Crippen LogP contribution < -0.4 is 5.32 Å². The summed E-state index contributed by atoms with van der Waals surface area (Å²) in [5.74, 6) is 1.88. The normalized spacial score (nSPS) is 20.3. The molecule has 1 aromatic rings. The van der Waals surface area contributed by atoms with Crippen LogP contribution in [0.2, 0.25) is 0 Å². The minimum atomic E-state index is 0.407. The molecule has 1 aliphatic rings. The lowest BCUT2D eigenvalue weighted by Gasteiger charge is -2.27. The number of hydrogen-bond donors (Lipinski definition) is 1. The van der Waals surface area contributed by atoms with E-state index in [-0.39, 0.29) is 0 Å². The summed E-state index contributed by atoms with van der Waals surface area (Å²) in [6.45, 7) is 10.2. The van der Waals surface area contributed by atoms with E-state index >= 15 is 0 Å². The van der Waals surface area contributed by atoms with E-state index in [4.69, 9.17) is 0 Å². The van der Waals surface area contributed by atoms with Crippen LogP contribution in [0, 0.1) is 5.41 Å². The molecule has 0 amide bonds. The highest BCUT2D eigenvalue weighted by molar-refractivity contribution is 5.04. The first-order valence-corrected chi connectivity index (χ1v) is 6.84. The van der Waals surface area contributed by atoms with Crippen molar-refractivity contribution in [3.05, 3.63) is 18.2 Å². The van der Waals surface area contributed by atoms with Crippen LogP contribution in [-0.2, 0) is 6.54 Å². The molecule has 2 rings (SSSR count). The van der Waals surface area contributed by atoms with Gasteiger partial charge in [-0.3, -0.25) is 0 Å². The first kappa shape index (κ1) is 12.6. The minimum absolute atomic E-state index is 0.407. The molecule has 0 aliphatic carbocycles. The van der Waals surface area contributed by atoms with Crippen LogP contribution in [-0.4, -0.2) is 22.6 Å². The van der Waals surface area contributed by atoms with Gasteiger partial charge in [-0.1, -0.05) is 20.8 Å². The summed E-state index contributed by atoms with van der Waals surface area (Å²) in [4.78, 5) is 4.50. The van der Waals surface area contributed by atoms with Crippen LogP contribution >= 0.6 is 0 Å². The molecule has 1 N–H and O–H groups in total. The van der Waals surface area contributed by atoms with E-state index in [0.717, 1.165) is 19.6 Å². The average molecular weight is 235 g/mol. The van der Waals surface area contributed by atoms with Gasteiger partial charge in [0.1, 0.15) is 5.82 Å². The van der Waals surface area contributed by atoms with Gasteiger partial charge < -0.3 is 9.88 Å². The second kappa shape index (κ2) is 5.21. The van der Waals surface area contributed by atoms with Crippen molar-refractivity contribution in [1.29, 1.82) is 0 Å². The SMILES string of the molecule is CCC(C)(C)CNC[C@H]1CCCn2ccnc21. The van der Waals surface area contributed by atoms with E-state index < -0.39 is 0 Å². The molecule has 3 nitrogen and oxygen atoms in total. The monoisotopic (exact) mass is 235 g/mol. The standard InChI is InChI=1S/C14H25N3/c1-4-14(2,3)11-15-10-12-6-5-8-17-9-7-16-13(12)17/h7,9,12,15H,4-6,8,10-11H2,1-3H3/t12-/m1/s1. The van der Waals surface area contributed by atoms with Crippen LogP contribution in [0.5, 0.6) is 0 Å². The van der Waals surface area contributed by atoms with Gasteiger partial charge in [-0.05, 0) is 24.7 Å². The van der Waals surface area contributed by atoms with Crippen LogP contribution in [0.3, 0.4) is 0 Å². The number of aryl methyl sites for hydroxylation is 1. The summed E-state index contributed by atoms with van der Waals surface area (Å²) < 4.78 is 2.31. The van der Waals surface area contributed by atoms with E-state index in [1.807, 2.05) is 6.20 Å². The van der Waals surface area contributed by atoms with Gasteiger partial charge in [-0.25, -0.2) is 4.98 Å². The Balaban J connectivity index is 1.86. The zero-order chi connectivity index (χ0) is 12.3. The molecule has 0 radical (unpaired) electrons. The van der Waals surface area contributed by atoms with Crippen LogP contribution in [0.25, 0.3) is 0 Å². The zero-order valence-corrected chi connectivity index (χ0v) is 11.4. The Morgan fingerprint density at radius 1 is 1.53 bits per heavy atom. The number of rotatable bonds is 5. The molecule has 0 bridgehead atoms. The van der Waals surface area contributed by atoms with Crippen molar-refractivity contribution >= 4 is 0 Å². The summed E-state index contributed by atoms with van der Waals surface area (Å²) in [7, 11) is 0. The maximum Gasteiger partial charge on any atom is 0.113 e. The topological polar surface area (TPSA) is 29.9 Å². The molecular formula is C14H25N3. The highest BCUT2D eigenvalue weighted by Gasteiger charge is 2.22. The van der Waals surface area contributed by atoms with E-state index in [2.05, 4.69) is 41.8 Å². The number of nitrogens with zero attached hydrogens (tertiary/aromatic N) is 2. The minimum Gasteiger partial charge on any atom is -0.335 e. The number of hydrogen-bond acceptors (Lipinski definition) is 2. The lowest BCUT2D eigenvalue weighted by molar-refractivity contribution is 0.315. The fourth-order valence-electron chi connectivity index (χ4n) is 2.41. The summed E-state index contributed by atoms with van der Waals surface area (Å²) in [5.41, 5.74) is 0.407. The van der Waals surface area contributed by atoms with Gasteiger partial charge in [0.05, 0.1) is 0 Å². The molecule has 0 saturated heterocycles. The number of fused-ring (bicyclic) bond motifs is 1. The molecule has 2 heterocycles.